The van der Waals surface area contributed by atoms with Crippen LogP contribution in [-0.4, -0.2) is 17.9 Å². The van der Waals surface area contributed by atoms with Gasteiger partial charge in [0.15, 0.2) is 5.69 Å². The van der Waals surface area contributed by atoms with Crippen molar-refractivity contribution in [3.63, 3.8) is 0 Å². The molecule has 0 saturated heterocycles. The van der Waals surface area contributed by atoms with Crippen molar-refractivity contribution in [2.45, 2.75) is 0 Å². The van der Waals surface area contributed by atoms with Gasteiger partial charge in [0.05, 0.1) is 18.9 Å². The van der Waals surface area contributed by atoms with Crippen molar-refractivity contribution in [2.24, 2.45) is 0 Å². The number of nitrogens with zero attached hydrogens (tertiary/aromatic N) is 1. The van der Waals surface area contributed by atoms with Gasteiger partial charge in [-0.1, -0.05) is 0 Å². The lowest BCUT2D eigenvalue weighted by Crippen LogP contribution is -2.05. The van der Waals surface area contributed by atoms with E-state index in [0.29, 0.717) is 17.0 Å². The summed E-state index contributed by atoms with van der Waals surface area (Å²) >= 11 is 0. The zero-order chi connectivity index (χ0) is 10.7. The summed E-state index contributed by atoms with van der Waals surface area (Å²) in [7, 11) is 1.50. The van der Waals surface area contributed by atoms with Crippen molar-refractivity contribution in [2.75, 3.05) is 7.11 Å². The Hall–Kier alpha value is -2.10. The number of ketones is 1. The van der Waals surface area contributed by atoms with Crippen LogP contribution in [0.1, 0.15) is 16.1 Å². The Kier molecular flexibility index (Phi) is 2.49. The molecule has 0 atom stereocenters. The van der Waals surface area contributed by atoms with Gasteiger partial charge >= 0.3 is 0 Å². The van der Waals surface area contributed by atoms with Crippen LogP contribution in [0, 0.1) is 0 Å². The molecule has 2 aromatic rings. The standard InChI is InChI=1S/C11H9NO3/c1-14-9-3-2-5-12-10(9)11(13)8-4-6-15-7-8/h2-7H,1H3. The third-order valence-electron chi connectivity index (χ3n) is 1.99. The highest BCUT2D eigenvalue weighted by molar-refractivity contribution is 6.09. The van der Waals surface area contributed by atoms with Crippen molar-refractivity contribution < 1.29 is 13.9 Å². The third-order valence-corrected chi connectivity index (χ3v) is 1.99. The van der Waals surface area contributed by atoms with E-state index in [1.54, 1.807) is 24.4 Å². The summed E-state index contributed by atoms with van der Waals surface area (Å²) in [6, 6.07) is 5.00. The second-order valence-electron chi connectivity index (χ2n) is 2.90. The van der Waals surface area contributed by atoms with Crippen LogP contribution in [0.3, 0.4) is 0 Å². The molecule has 2 aromatic heterocycles. The Morgan fingerprint density at radius 1 is 1.47 bits per heavy atom. The number of furan rings is 1. The average Bonchev–Trinajstić information content (AvgIpc) is 2.81. The molecule has 0 aliphatic heterocycles. The van der Waals surface area contributed by atoms with Gasteiger partial charge in [-0.15, -0.1) is 0 Å². The van der Waals surface area contributed by atoms with Crippen LogP contribution in [0.5, 0.6) is 5.75 Å². The monoisotopic (exact) mass is 203 g/mol. The summed E-state index contributed by atoms with van der Waals surface area (Å²) in [5, 5.41) is 0. The number of pyridine rings is 1. The third kappa shape index (κ3) is 1.74. The lowest BCUT2D eigenvalue weighted by atomic mass is 10.1. The fourth-order valence-corrected chi connectivity index (χ4v) is 1.26. The van der Waals surface area contributed by atoms with Crippen molar-refractivity contribution >= 4 is 5.78 Å². The maximum Gasteiger partial charge on any atom is 0.218 e. The van der Waals surface area contributed by atoms with Crippen LogP contribution < -0.4 is 4.74 Å². The van der Waals surface area contributed by atoms with Crippen LogP contribution in [0.15, 0.2) is 41.3 Å². The first-order chi connectivity index (χ1) is 7.33. The topological polar surface area (TPSA) is 52.3 Å². The molecule has 0 fully saturated rings. The summed E-state index contributed by atoms with van der Waals surface area (Å²) in [5.41, 5.74) is 0.758. The first-order valence-electron chi connectivity index (χ1n) is 4.39. The minimum atomic E-state index is -0.207. The quantitative estimate of drug-likeness (QED) is 0.715. The SMILES string of the molecule is COc1cccnc1C(=O)c1ccoc1. The normalized spacial score (nSPS) is 9.93. The van der Waals surface area contributed by atoms with Crippen molar-refractivity contribution in [3.8, 4) is 5.75 Å². The van der Waals surface area contributed by atoms with Gasteiger partial charge in [0.2, 0.25) is 5.78 Å². The summed E-state index contributed by atoms with van der Waals surface area (Å²) in [6.45, 7) is 0. The van der Waals surface area contributed by atoms with Gasteiger partial charge in [-0.3, -0.25) is 4.79 Å². The Morgan fingerprint density at radius 3 is 3.00 bits per heavy atom. The van der Waals surface area contributed by atoms with E-state index in [-0.39, 0.29) is 5.78 Å². The zero-order valence-corrected chi connectivity index (χ0v) is 8.14. The first-order valence-corrected chi connectivity index (χ1v) is 4.39. The van der Waals surface area contributed by atoms with E-state index >= 15 is 0 Å². The Morgan fingerprint density at radius 2 is 2.33 bits per heavy atom. The van der Waals surface area contributed by atoms with Gasteiger partial charge in [0.25, 0.3) is 0 Å². The second kappa shape index (κ2) is 3.96. The highest BCUT2D eigenvalue weighted by Crippen LogP contribution is 2.18. The molecule has 15 heavy (non-hydrogen) atoms. The molecule has 0 unspecified atom stereocenters. The maximum atomic E-state index is 11.9. The molecule has 0 aliphatic rings. The molecule has 0 N–H and O–H groups in total. The van der Waals surface area contributed by atoms with Gasteiger partial charge < -0.3 is 9.15 Å². The molecular weight excluding hydrogens is 194 g/mol. The van der Waals surface area contributed by atoms with Gasteiger partial charge in [-0.25, -0.2) is 4.98 Å². The second-order valence-corrected chi connectivity index (χ2v) is 2.90. The molecule has 4 heteroatoms. The predicted octanol–water partition coefficient (Wildman–Crippen LogP) is 1.91. The van der Waals surface area contributed by atoms with E-state index in [4.69, 9.17) is 9.15 Å². The van der Waals surface area contributed by atoms with Crippen LogP contribution in [0.4, 0.5) is 0 Å². The van der Waals surface area contributed by atoms with Gasteiger partial charge in [0, 0.05) is 6.20 Å². The number of carbonyl (C=O) groups excluding carboxylic acids is 1. The van der Waals surface area contributed by atoms with Crippen molar-refractivity contribution in [1.82, 2.24) is 4.98 Å². The number of rotatable bonds is 3. The van der Waals surface area contributed by atoms with E-state index in [1.165, 1.54) is 19.6 Å². The van der Waals surface area contributed by atoms with Crippen molar-refractivity contribution in [1.29, 1.82) is 0 Å². The molecule has 0 aliphatic carbocycles. The highest BCUT2D eigenvalue weighted by Gasteiger charge is 2.16. The number of hydrogen-bond donors (Lipinski definition) is 0. The largest absolute Gasteiger partial charge is 0.494 e. The average molecular weight is 203 g/mol. The Labute approximate surface area is 86.5 Å². The van der Waals surface area contributed by atoms with E-state index < -0.39 is 0 Å². The number of carbonyl (C=O) groups is 1. The smallest absolute Gasteiger partial charge is 0.218 e. The molecule has 76 valence electrons. The van der Waals surface area contributed by atoms with Gasteiger partial charge in [0.1, 0.15) is 12.0 Å². The summed E-state index contributed by atoms with van der Waals surface area (Å²) < 4.78 is 9.89. The molecule has 2 heterocycles. The summed E-state index contributed by atoms with van der Waals surface area (Å²) in [5.74, 6) is 0.255. The summed E-state index contributed by atoms with van der Waals surface area (Å²) in [6.07, 6.45) is 4.38. The first kappa shape index (κ1) is 9.45. The Bertz CT molecular complexity index is 462. The number of methoxy groups -OCH3 is 1. The molecule has 0 bridgehead atoms. The number of ether oxygens (including phenoxy) is 1. The lowest BCUT2D eigenvalue weighted by molar-refractivity contribution is 0.103. The fraction of sp³-hybridized carbons (Fsp3) is 0.0909. The molecule has 0 aromatic carbocycles. The maximum absolute atomic E-state index is 11.9. The molecule has 0 saturated carbocycles. The lowest BCUT2D eigenvalue weighted by Gasteiger charge is -2.03. The van der Waals surface area contributed by atoms with E-state index in [2.05, 4.69) is 4.98 Å². The molecule has 0 spiro atoms. The minimum Gasteiger partial charge on any atom is -0.494 e. The number of aromatic nitrogens is 1. The van der Waals surface area contributed by atoms with E-state index in [9.17, 15) is 4.79 Å². The zero-order valence-electron chi connectivity index (χ0n) is 8.14. The minimum absolute atomic E-state index is 0.207. The van der Waals surface area contributed by atoms with Crippen LogP contribution in [-0.2, 0) is 0 Å². The molecule has 0 radical (unpaired) electrons. The molecular formula is C11H9NO3. The van der Waals surface area contributed by atoms with Gasteiger partial charge in [-0.05, 0) is 18.2 Å². The number of hydrogen-bond acceptors (Lipinski definition) is 4. The highest BCUT2D eigenvalue weighted by atomic mass is 16.5. The molecule has 2 rings (SSSR count). The Balaban J connectivity index is 2.42. The predicted molar refractivity (Wildman–Crippen MR) is 52.9 cm³/mol. The molecule has 0 amide bonds. The summed E-state index contributed by atoms with van der Waals surface area (Å²) in [4.78, 5) is 15.9. The fourth-order valence-electron chi connectivity index (χ4n) is 1.26. The van der Waals surface area contributed by atoms with E-state index in [1.807, 2.05) is 0 Å². The van der Waals surface area contributed by atoms with Crippen LogP contribution in [0.2, 0.25) is 0 Å². The molecule has 4 nitrogen and oxygen atoms in total. The van der Waals surface area contributed by atoms with Crippen LogP contribution >= 0.6 is 0 Å². The van der Waals surface area contributed by atoms with Crippen molar-refractivity contribution in [3.05, 3.63) is 48.2 Å². The van der Waals surface area contributed by atoms with Crippen LogP contribution in [0.25, 0.3) is 0 Å². The van der Waals surface area contributed by atoms with E-state index in [0.717, 1.165) is 0 Å². The van der Waals surface area contributed by atoms with Gasteiger partial charge in [-0.2, -0.15) is 0 Å².